The first-order valence-electron chi connectivity index (χ1n) is 9.92. The molecule has 2 heterocycles. The highest BCUT2D eigenvalue weighted by atomic mass is 35.5. The first kappa shape index (κ1) is 21.3. The molecule has 2 aliphatic heterocycles. The molecule has 2 aliphatic rings. The van der Waals surface area contributed by atoms with E-state index in [1.54, 1.807) is 18.2 Å². The number of thioether (sulfide) groups is 1. The molecule has 0 radical (unpaired) electrons. The summed E-state index contributed by atoms with van der Waals surface area (Å²) in [7, 11) is 0. The fraction of sp³-hybridized carbons (Fsp3) is 0.364. The van der Waals surface area contributed by atoms with E-state index in [1.165, 1.54) is 0 Å². The van der Waals surface area contributed by atoms with E-state index in [2.05, 4.69) is 5.32 Å². The number of piperidine rings is 1. The number of carbonyl (C=O) groups is 2. The largest absolute Gasteiger partial charge is 0.324 e. The van der Waals surface area contributed by atoms with Gasteiger partial charge in [0.15, 0.2) is 0 Å². The molecule has 4 rings (SSSR count). The van der Waals surface area contributed by atoms with Crippen molar-refractivity contribution in [3.63, 3.8) is 0 Å². The highest BCUT2D eigenvalue weighted by Crippen LogP contribution is 2.44. The zero-order chi connectivity index (χ0) is 21.3. The molecule has 158 valence electrons. The van der Waals surface area contributed by atoms with Crippen molar-refractivity contribution in [3.05, 3.63) is 63.6 Å². The molecule has 3 amide bonds. The van der Waals surface area contributed by atoms with Crippen LogP contribution in [0.2, 0.25) is 10.0 Å². The van der Waals surface area contributed by atoms with Crippen LogP contribution in [-0.4, -0.2) is 52.0 Å². The van der Waals surface area contributed by atoms with Crippen LogP contribution in [0.3, 0.4) is 0 Å². The Kier molecular flexibility index (Phi) is 6.19. The summed E-state index contributed by atoms with van der Waals surface area (Å²) < 4.78 is 0. The number of hydrogen-bond acceptors (Lipinski definition) is 3. The fourth-order valence-corrected chi connectivity index (χ4v) is 5.81. The molecule has 0 atom stereocenters. The molecule has 30 heavy (non-hydrogen) atoms. The minimum Gasteiger partial charge on any atom is -0.324 e. The van der Waals surface area contributed by atoms with Crippen LogP contribution in [0.4, 0.5) is 10.5 Å². The lowest BCUT2D eigenvalue weighted by atomic mass is 10.0. The van der Waals surface area contributed by atoms with Gasteiger partial charge in [0.05, 0.1) is 14.9 Å². The number of carbonyl (C=O) groups excluding carboxylic acids is 2. The zero-order valence-corrected chi connectivity index (χ0v) is 19.0. The van der Waals surface area contributed by atoms with Gasteiger partial charge < -0.3 is 15.1 Å². The number of hydrogen-bond donors (Lipinski definition) is 1. The van der Waals surface area contributed by atoms with E-state index >= 15 is 0 Å². The number of benzene rings is 2. The molecule has 2 saturated heterocycles. The molecule has 2 aromatic rings. The van der Waals surface area contributed by atoms with E-state index in [0.717, 1.165) is 29.8 Å². The normalized spacial score (nSPS) is 18.0. The Morgan fingerprint density at radius 1 is 1.03 bits per heavy atom. The third-order valence-electron chi connectivity index (χ3n) is 5.81. The average Bonchev–Trinajstić information content (AvgIpc) is 3.14. The number of anilines is 1. The minimum atomic E-state index is -0.275. The molecule has 1 spiro atoms. The number of urea groups is 1. The minimum absolute atomic E-state index is 0.0311. The molecule has 1 N–H and O–H groups in total. The van der Waals surface area contributed by atoms with Gasteiger partial charge in [0.2, 0.25) is 0 Å². The smallest absolute Gasteiger partial charge is 0.321 e. The van der Waals surface area contributed by atoms with Crippen molar-refractivity contribution in [3.8, 4) is 0 Å². The van der Waals surface area contributed by atoms with Gasteiger partial charge in [-0.15, -0.1) is 11.8 Å². The zero-order valence-electron chi connectivity index (χ0n) is 16.7. The third-order valence-corrected chi connectivity index (χ3v) is 8.10. The number of nitrogens with one attached hydrogen (secondary N) is 1. The lowest BCUT2D eigenvalue weighted by molar-refractivity contribution is 0.0585. The van der Waals surface area contributed by atoms with Crippen molar-refractivity contribution >= 4 is 52.6 Å². The SMILES string of the molecule is Cc1ccccc1NC(=O)N1CCC2(CC1)SCCN2C(=O)c1ccc(Cl)c(Cl)c1. The molecule has 0 saturated carbocycles. The second-order valence-corrected chi connectivity index (χ2v) is 9.88. The van der Waals surface area contributed by atoms with E-state index in [-0.39, 0.29) is 16.8 Å². The fourth-order valence-electron chi connectivity index (χ4n) is 4.06. The number of aryl methyl sites for hydroxylation is 1. The Balaban J connectivity index is 1.43. The Morgan fingerprint density at radius 3 is 2.47 bits per heavy atom. The van der Waals surface area contributed by atoms with Crippen molar-refractivity contribution in [2.24, 2.45) is 0 Å². The molecule has 8 heteroatoms. The lowest BCUT2D eigenvalue weighted by Gasteiger charge is -2.44. The van der Waals surface area contributed by atoms with Crippen molar-refractivity contribution in [2.75, 3.05) is 30.7 Å². The maximum absolute atomic E-state index is 13.2. The van der Waals surface area contributed by atoms with Gasteiger partial charge in [-0.2, -0.15) is 0 Å². The van der Waals surface area contributed by atoms with Crippen molar-refractivity contribution < 1.29 is 9.59 Å². The van der Waals surface area contributed by atoms with E-state index in [4.69, 9.17) is 23.2 Å². The van der Waals surface area contributed by atoms with Crippen molar-refractivity contribution in [1.29, 1.82) is 0 Å². The number of halogens is 2. The van der Waals surface area contributed by atoms with E-state index in [0.29, 0.717) is 35.2 Å². The van der Waals surface area contributed by atoms with Gasteiger partial charge >= 0.3 is 6.03 Å². The van der Waals surface area contributed by atoms with Crippen LogP contribution in [-0.2, 0) is 0 Å². The summed E-state index contributed by atoms with van der Waals surface area (Å²) in [5.74, 6) is 0.860. The number of amides is 3. The molecule has 0 aliphatic carbocycles. The second-order valence-electron chi connectivity index (χ2n) is 7.61. The summed E-state index contributed by atoms with van der Waals surface area (Å²) in [4.78, 5) is 29.4. The lowest BCUT2D eigenvalue weighted by Crippen LogP contribution is -2.54. The van der Waals surface area contributed by atoms with Gasteiger partial charge in [-0.25, -0.2) is 4.79 Å². The predicted octanol–water partition coefficient (Wildman–Crippen LogP) is 5.52. The van der Waals surface area contributed by atoms with Crippen LogP contribution >= 0.6 is 35.0 Å². The molecule has 0 unspecified atom stereocenters. The van der Waals surface area contributed by atoms with Crippen LogP contribution in [0.15, 0.2) is 42.5 Å². The quantitative estimate of drug-likeness (QED) is 0.637. The van der Waals surface area contributed by atoms with Gasteiger partial charge in [0.25, 0.3) is 5.91 Å². The summed E-state index contributed by atoms with van der Waals surface area (Å²) >= 11 is 13.9. The van der Waals surface area contributed by atoms with Gasteiger partial charge in [0, 0.05) is 36.6 Å². The standard InChI is InChI=1S/C22H23Cl2N3O2S/c1-15-4-2-3-5-19(15)25-21(29)26-10-8-22(9-11-26)27(12-13-30-22)20(28)16-6-7-17(23)18(24)14-16/h2-7,14H,8-13H2,1H3,(H,25,29). The maximum atomic E-state index is 13.2. The summed E-state index contributed by atoms with van der Waals surface area (Å²) in [5.41, 5.74) is 2.41. The number of rotatable bonds is 2. The number of nitrogens with zero attached hydrogens (tertiary/aromatic N) is 2. The monoisotopic (exact) mass is 463 g/mol. The maximum Gasteiger partial charge on any atom is 0.321 e. The molecule has 0 aromatic heterocycles. The van der Waals surface area contributed by atoms with E-state index in [9.17, 15) is 9.59 Å². The summed E-state index contributed by atoms with van der Waals surface area (Å²) in [6, 6.07) is 12.7. The third kappa shape index (κ3) is 4.13. The van der Waals surface area contributed by atoms with Crippen molar-refractivity contribution in [1.82, 2.24) is 9.80 Å². The first-order valence-corrected chi connectivity index (χ1v) is 11.7. The van der Waals surface area contributed by atoms with Gasteiger partial charge in [-0.05, 0) is 49.6 Å². The summed E-state index contributed by atoms with van der Waals surface area (Å²) in [6.07, 6.45) is 1.48. The number of likely N-dealkylation sites (tertiary alicyclic amines) is 1. The Hall–Kier alpha value is -1.89. The van der Waals surface area contributed by atoms with E-state index < -0.39 is 0 Å². The Bertz CT molecular complexity index is 977. The molecule has 2 aromatic carbocycles. The van der Waals surface area contributed by atoms with Gasteiger partial charge in [-0.3, -0.25) is 4.79 Å². The molecule has 2 fully saturated rings. The van der Waals surface area contributed by atoms with Crippen LogP contribution < -0.4 is 5.32 Å². The molecular weight excluding hydrogens is 441 g/mol. The van der Waals surface area contributed by atoms with Gasteiger partial charge in [-0.1, -0.05) is 41.4 Å². The van der Waals surface area contributed by atoms with Crippen LogP contribution in [0.1, 0.15) is 28.8 Å². The first-order chi connectivity index (χ1) is 14.4. The highest BCUT2D eigenvalue weighted by Gasteiger charge is 2.47. The Labute approximate surface area is 190 Å². The molecule has 0 bridgehead atoms. The second kappa shape index (κ2) is 8.69. The van der Waals surface area contributed by atoms with Crippen LogP contribution in [0.25, 0.3) is 0 Å². The molecular formula is C22H23Cl2N3O2S. The van der Waals surface area contributed by atoms with Crippen LogP contribution in [0, 0.1) is 6.92 Å². The van der Waals surface area contributed by atoms with Crippen LogP contribution in [0.5, 0.6) is 0 Å². The van der Waals surface area contributed by atoms with Gasteiger partial charge in [0.1, 0.15) is 0 Å². The average molecular weight is 464 g/mol. The predicted molar refractivity (Wildman–Crippen MR) is 124 cm³/mol. The summed E-state index contributed by atoms with van der Waals surface area (Å²) in [5, 5.41) is 3.82. The topological polar surface area (TPSA) is 52.7 Å². The van der Waals surface area contributed by atoms with E-state index in [1.807, 2.05) is 52.8 Å². The Morgan fingerprint density at radius 2 is 1.77 bits per heavy atom. The molecule has 5 nitrogen and oxygen atoms in total. The number of para-hydroxylation sites is 1. The highest BCUT2D eigenvalue weighted by molar-refractivity contribution is 8.00. The summed E-state index contributed by atoms with van der Waals surface area (Å²) in [6.45, 7) is 3.88. The van der Waals surface area contributed by atoms with Crippen molar-refractivity contribution in [2.45, 2.75) is 24.6 Å².